The number of imidazole rings is 1. The Balaban J connectivity index is 0.942. The van der Waals surface area contributed by atoms with E-state index in [0.29, 0.717) is 39.0 Å². The average Bonchev–Trinajstić information content (AvgIpc) is 4.18. The summed E-state index contributed by atoms with van der Waals surface area (Å²) in [6.45, 7) is 7.42. The van der Waals surface area contributed by atoms with Crippen molar-refractivity contribution in [1.82, 2.24) is 30.4 Å². The van der Waals surface area contributed by atoms with Gasteiger partial charge in [0.2, 0.25) is 11.8 Å². The van der Waals surface area contributed by atoms with E-state index in [0.717, 1.165) is 93.6 Å². The van der Waals surface area contributed by atoms with Crippen LogP contribution in [0.1, 0.15) is 88.7 Å². The molecule has 64 heavy (non-hydrogen) atoms. The van der Waals surface area contributed by atoms with Gasteiger partial charge in [-0.15, -0.1) is 5.92 Å². The summed E-state index contributed by atoms with van der Waals surface area (Å²) in [6.07, 6.45) is 7.23. The van der Waals surface area contributed by atoms with Gasteiger partial charge in [-0.25, -0.2) is 14.6 Å². The van der Waals surface area contributed by atoms with Gasteiger partial charge in [0.05, 0.1) is 43.9 Å². The van der Waals surface area contributed by atoms with Crippen molar-refractivity contribution in [3.05, 3.63) is 71.7 Å². The SMILES string of the molecule is CC#Cc1cc(-c2cnc([C@@H]3[C@H]4CC[C@H](C4)N3C(=O)[C@@H](NC(=O)OC)C3CCOCC3)[nH]2)ccc1-c1ccc2c3c(ccc2c1)N=C([C@@H]1CCCN1C(=O)[C@@H](NC(=O)OC)C(C)C)C3. The van der Waals surface area contributed by atoms with Crippen LogP contribution in [0.15, 0.2) is 59.7 Å². The zero-order valence-corrected chi connectivity index (χ0v) is 37.2. The van der Waals surface area contributed by atoms with Crippen LogP contribution < -0.4 is 10.6 Å². The van der Waals surface area contributed by atoms with Crippen LogP contribution >= 0.6 is 0 Å². The van der Waals surface area contributed by atoms with Gasteiger partial charge in [0.1, 0.15) is 17.9 Å². The Morgan fingerprint density at radius 1 is 0.906 bits per heavy atom. The molecule has 3 N–H and O–H groups in total. The molecule has 2 bridgehead atoms. The summed E-state index contributed by atoms with van der Waals surface area (Å²) >= 11 is 0. The number of alkyl carbamates (subject to hydrolysis) is 2. The van der Waals surface area contributed by atoms with Gasteiger partial charge in [0, 0.05) is 49.1 Å². The highest BCUT2D eigenvalue weighted by molar-refractivity contribution is 6.06. The van der Waals surface area contributed by atoms with Crippen molar-refractivity contribution < 1.29 is 33.4 Å². The van der Waals surface area contributed by atoms with Gasteiger partial charge in [-0.1, -0.05) is 50.1 Å². The number of aromatic nitrogens is 2. The van der Waals surface area contributed by atoms with E-state index < -0.39 is 24.3 Å². The molecule has 5 heterocycles. The molecule has 334 valence electrons. The number of amides is 4. The number of benzene rings is 3. The Morgan fingerprint density at radius 3 is 2.45 bits per heavy atom. The van der Waals surface area contributed by atoms with Crippen molar-refractivity contribution in [2.75, 3.05) is 34.0 Å². The van der Waals surface area contributed by atoms with Crippen LogP contribution in [0.25, 0.3) is 33.2 Å². The monoisotopic (exact) mass is 867 g/mol. The molecule has 3 aromatic carbocycles. The van der Waals surface area contributed by atoms with Crippen LogP contribution in [-0.4, -0.2) is 108 Å². The third-order valence-electron chi connectivity index (χ3n) is 14.1. The minimum atomic E-state index is -0.695. The molecule has 4 aromatic rings. The zero-order chi connectivity index (χ0) is 44.6. The van der Waals surface area contributed by atoms with E-state index in [9.17, 15) is 19.2 Å². The number of carbonyl (C=O) groups is 4. The number of carbonyl (C=O) groups excluding carboxylic acids is 4. The van der Waals surface area contributed by atoms with Gasteiger partial charge in [-0.05, 0) is 115 Å². The van der Waals surface area contributed by atoms with Gasteiger partial charge in [-0.2, -0.15) is 0 Å². The van der Waals surface area contributed by atoms with E-state index in [1.807, 2.05) is 36.8 Å². The molecule has 14 heteroatoms. The maximum Gasteiger partial charge on any atom is 0.407 e. The molecule has 1 aliphatic carbocycles. The lowest BCUT2D eigenvalue weighted by Gasteiger charge is -2.39. The Morgan fingerprint density at radius 2 is 1.69 bits per heavy atom. The van der Waals surface area contributed by atoms with E-state index in [2.05, 4.69) is 76.0 Å². The lowest BCUT2D eigenvalue weighted by Crippen LogP contribution is -2.55. The van der Waals surface area contributed by atoms with Crippen LogP contribution in [0.4, 0.5) is 15.3 Å². The molecule has 6 atom stereocenters. The van der Waals surface area contributed by atoms with Crippen molar-refractivity contribution in [2.24, 2.45) is 22.7 Å². The van der Waals surface area contributed by atoms with Crippen molar-refractivity contribution >= 4 is 46.2 Å². The standard InChI is InChI=1S/C50H57N7O7/c1-6-8-30-24-33(41-27-51-46(53-41)45-34-10-14-35(25-34)57(45)48(59)44(55-50(61)63-5)29-18-21-64-22-19-29)12-15-36(30)31-11-16-37-32(23-31)13-17-39-38(37)26-40(52-39)42-9-7-20-56(42)47(58)43(28(2)3)54-49(60)62-4/h11-13,15-17,23-24,27-29,34-35,42-45H,7,9-10,14,18-22,25-26H2,1-5H3,(H,51,53)(H,54,60)(H,55,61)/t34-,35+,42-,43-,44-,45-/m0/s1. The predicted molar refractivity (Wildman–Crippen MR) is 243 cm³/mol. The third kappa shape index (κ3) is 8.10. The average molecular weight is 868 g/mol. The van der Waals surface area contributed by atoms with Crippen molar-refractivity contribution in [3.63, 3.8) is 0 Å². The number of rotatable bonds is 10. The summed E-state index contributed by atoms with van der Waals surface area (Å²) in [7, 11) is 2.63. The van der Waals surface area contributed by atoms with E-state index in [1.165, 1.54) is 14.2 Å². The molecule has 5 aliphatic rings. The molecule has 3 saturated heterocycles. The van der Waals surface area contributed by atoms with E-state index in [-0.39, 0.29) is 47.7 Å². The number of H-pyrrole nitrogens is 1. The fraction of sp³-hybridized carbons (Fsp3) is 0.480. The van der Waals surface area contributed by atoms with Crippen molar-refractivity contribution in [3.8, 4) is 34.2 Å². The Bertz CT molecular complexity index is 2570. The van der Waals surface area contributed by atoms with E-state index >= 15 is 0 Å². The molecule has 4 amide bonds. The highest BCUT2D eigenvalue weighted by atomic mass is 16.5. The summed E-state index contributed by atoms with van der Waals surface area (Å²) in [6, 6.07) is 15.4. The minimum Gasteiger partial charge on any atom is -0.453 e. The third-order valence-corrected chi connectivity index (χ3v) is 14.1. The Hall–Kier alpha value is -6.20. The molecule has 4 aliphatic heterocycles. The lowest BCUT2D eigenvalue weighted by atomic mass is 9.89. The maximum atomic E-state index is 14.5. The zero-order valence-electron chi connectivity index (χ0n) is 37.2. The molecular formula is C50H57N7O7. The number of ether oxygens (including phenoxy) is 3. The first-order valence-electron chi connectivity index (χ1n) is 22.7. The first-order valence-corrected chi connectivity index (χ1v) is 22.7. The Kier molecular flexibility index (Phi) is 12.2. The molecule has 4 fully saturated rings. The fourth-order valence-corrected chi connectivity index (χ4v) is 10.9. The molecule has 1 aromatic heterocycles. The van der Waals surface area contributed by atoms with Crippen LogP contribution in [0.3, 0.4) is 0 Å². The first kappa shape index (κ1) is 43.1. The first-order chi connectivity index (χ1) is 31.1. The predicted octanol–water partition coefficient (Wildman–Crippen LogP) is 7.47. The van der Waals surface area contributed by atoms with Gasteiger partial charge in [0.15, 0.2) is 0 Å². The number of aromatic amines is 1. The second kappa shape index (κ2) is 18.1. The van der Waals surface area contributed by atoms with Crippen LogP contribution in [0, 0.1) is 29.6 Å². The lowest BCUT2D eigenvalue weighted by molar-refractivity contribution is -0.140. The number of nitrogens with zero attached hydrogens (tertiary/aromatic N) is 4. The summed E-state index contributed by atoms with van der Waals surface area (Å²) < 4.78 is 15.4. The number of hydrogen-bond donors (Lipinski definition) is 3. The normalized spacial score (nSPS) is 22.4. The molecule has 14 nitrogen and oxygen atoms in total. The van der Waals surface area contributed by atoms with Crippen molar-refractivity contribution in [2.45, 2.75) is 102 Å². The molecule has 1 saturated carbocycles. The number of fused-ring (bicyclic) bond motifs is 5. The highest BCUT2D eigenvalue weighted by Crippen LogP contribution is 2.50. The summed E-state index contributed by atoms with van der Waals surface area (Å²) in [5.41, 5.74) is 7.79. The van der Waals surface area contributed by atoms with Crippen LogP contribution in [0.2, 0.25) is 0 Å². The smallest absolute Gasteiger partial charge is 0.407 e. The van der Waals surface area contributed by atoms with Gasteiger partial charge < -0.3 is 39.6 Å². The number of aliphatic imine (C=N–C) groups is 1. The molecular weight excluding hydrogens is 811 g/mol. The van der Waals surface area contributed by atoms with Crippen molar-refractivity contribution in [1.29, 1.82) is 0 Å². The number of hydrogen-bond acceptors (Lipinski definition) is 9. The van der Waals surface area contributed by atoms with Gasteiger partial charge in [0.25, 0.3) is 0 Å². The fourth-order valence-electron chi connectivity index (χ4n) is 10.9. The summed E-state index contributed by atoms with van der Waals surface area (Å²) in [4.78, 5) is 70.3. The number of likely N-dealkylation sites (tertiary alicyclic amines) is 2. The van der Waals surface area contributed by atoms with Crippen LogP contribution in [-0.2, 0) is 30.2 Å². The summed E-state index contributed by atoms with van der Waals surface area (Å²) in [5, 5.41) is 7.84. The second-order valence-electron chi connectivity index (χ2n) is 18.1. The minimum absolute atomic E-state index is 0.0383. The number of piperidine rings is 1. The molecule has 0 unspecified atom stereocenters. The number of nitrogens with one attached hydrogen (secondary N) is 3. The molecule has 0 radical (unpaired) electrons. The van der Waals surface area contributed by atoms with Crippen LogP contribution in [0.5, 0.6) is 0 Å². The quantitative estimate of drug-likeness (QED) is 0.138. The topological polar surface area (TPSA) is 168 Å². The maximum absolute atomic E-state index is 14.5. The summed E-state index contributed by atoms with van der Waals surface area (Å²) in [5.74, 6) is 7.17. The van der Waals surface area contributed by atoms with E-state index in [1.54, 1.807) is 0 Å². The Labute approximate surface area is 373 Å². The largest absolute Gasteiger partial charge is 0.453 e. The van der Waals surface area contributed by atoms with E-state index in [4.69, 9.17) is 24.2 Å². The second-order valence-corrected chi connectivity index (χ2v) is 18.1. The highest BCUT2D eigenvalue weighted by Gasteiger charge is 2.52. The van der Waals surface area contributed by atoms with Gasteiger partial charge in [-0.3, -0.25) is 14.6 Å². The molecule has 9 rings (SSSR count). The molecule has 0 spiro atoms. The number of methoxy groups -OCH3 is 2. The van der Waals surface area contributed by atoms with Gasteiger partial charge >= 0.3 is 12.2 Å².